The molecule has 52 valence electrons. The van der Waals surface area contributed by atoms with Gasteiger partial charge in [-0.1, -0.05) is 29.5 Å². The van der Waals surface area contributed by atoms with Crippen LogP contribution in [-0.2, 0) is 0 Å². The molecular formula is C7H12IN. The van der Waals surface area contributed by atoms with E-state index < -0.39 is 0 Å². The fraction of sp³-hybridized carbons (Fsp3) is 1.00. The summed E-state index contributed by atoms with van der Waals surface area (Å²) in [6.07, 6.45) is 2.97. The second-order valence-corrected chi connectivity index (χ2v) is 5.36. The van der Waals surface area contributed by atoms with Crippen molar-refractivity contribution in [2.75, 3.05) is 6.54 Å². The number of rotatable bonds is 1. The molecular weight excluding hydrogens is 225 g/mol. The summed E-state index contributed by atoms with van der Waals surface area (Å²) in [6, 6.07) is 0.845. The predicted octanol–water partition coefficient (Wildman–Crippen LogP) is 1.56. The second-order valence-electron chi connectivity index (χ2n) is 3.40. The standard InChI is InChI=1S/C7H12IN/c1-5(8)6-7(2-3-7)4-9-6/h5-6,9H,2-4H2,1H3/t5?,6-/m0/s1. The zero-order valence-corrected chi connectivity index (χ0v) is 7.81. The minimum absolute atomic E-state index is 0.792. The highest BCUT2D eigenvalue weighted by molar-refractivity contribution is 14.1. The lowest BCUT2D eigenvalue weighted by Gasteiger charge is -2.41. The first kappa shape index (κ1) is 6.40. The van der Waals surface area contributed by atoms with Gasteiger partial charge in [-0.05, 0) is 18.3 Å². The molecule has 2 heteroatoms. The molecule has 1 saturated heterocycles. The maximum absolute atomic E-state index is 3.49. The molecule has 0 aromatic heterocycles. The van der Waals surface area contributed by atoms with Crippen LogP contribution in [0.1, 0.15) is 19.8 Å². The molecule has 2 aliphatic rings. The van der Waals surface area contributed by atoms with Gasteiger partial charge in [-0.2, -0.15) is 0 Å². The second kappa shape index (κ2) is 1.84. The maximum Gasteiger partial charge on any atom is 0.0251 e. The molecule has 2 rings (SSSR count). The van der Waals surface area contributed by atoms with Crippen molar-refractivity contribution >= 4 is 22.6 Å². The Morgan fingerprint density at radius 3 is 2.44 bits per heavy atom. The van der Waals surface area contributed by atoms with Crippen LogP contribution in [0.25, 0.3) is 0 Å². The first-order chi connectivity index (χ1) is 4.25. The lowest BCUT2D eigenvalue weighted by atomic mass is 9.86. The molecule has 0 bridgehead atoms. The van der Waals surface area contributed by atoms with Gasteiger partial charge in [0.25, 0.3) is 0 Å². The van der Waals surface area contributed by atoms with Gasteiger partial charge in [0.2, 0.25) is 0 Å². The van der Waals surface area contributed by atoms with Crippen molar-refractivity contribution in [1.29, 1.82) is 0 Å². The number of hydrogen-bond donors (Lipinski definition) is 1. The van der Waals surface area contributed by atoms with Crippen molar-refractivity contribution in [2.24, 2.45) is 5.41 Å². The molecule has 1 saturated carbocycles. The molecule has 1 aliphatic carbocycles. The molecule has 1 spiro atoms. The highest BCUT2D eigenvalue weighted by Gasteiger charge is 2.56. The van der Waals surface area contributed by atoms with Crippen LogP contribution in [0.2, 0.25) is 0 Å². The van der Waals surface area contributed by atoms with Gasteiger partial charge in [0.05, 0.1) is 0 Å². The number of hydrogen-bond acceptors (Lipinski definition) is 1. The molecule has 1 aliphatic heterocycles. The third-order valence-electron chi connectivity index (χ3n) is 2.69. The quantitative estimate of drug-likeness (QED) is 0.539. The van der Waals surface area contributed by atoms with E-state index in [4.69, 9.17) is 0 Å². The van der Waals surface area contributed by atoms with Crippen molar-refractivity contribution < 1.29 is 0 Å². The van der Waals surface area contributed by atoms with Gasteiger partial charge in [-0.15, -0.1) is 0 Å². The Morgan fingerprint density at radius 2 is 2.33 bits per heavy atom. The average Bonchev–Trinajstić information content (AvgIpc) is 2.37. The van der Waals surface area contributed by atoms with Crippen LogP contribution in [0.5, 0.6) is 0 Å². The minimum Gasteiger partial charge on any atom is -0.312 e. The molecule has 1 nitrogen and oxygen atoms in total. The van der Waals surface area contributed by atoms with E-state index in [0.29, 0.717) is 0 Å². The van der Waals surface area contributed by atoms with Crippen LogP contribution in [0.3, 0.4) is 0 Å². The molecule has 1 unspecified atom stereocenters. The smallest absolute Gasteiger partial charge is 0.0251 e. The van der Waals surface area contributed by atoms with Gasteiger partial charge >= 0.3 is 0 Å². The molecule has 0 aromatic rings. The molecule has 0 radical (unpaired) electrons. The summed E-state index contributed by atoms with van der Waals surface area (Å²) in [5, 5.41) is 3.49. The van der Waals surface area contributed by atoms with E-state index in [-0.39, 0.29) is 0 Å². The van der Waals surface area contributed by atoms with Crippen molar-refractivity contribution in [3.63, 3.8) is 0 Å². The average molecular weight is 237 g/mol. The summed E-state index contributed by atoms with van der Waals surface area (Å²) >= 11 is 2.52. The largest absolute Gasteiger partial charge is 0.312 e. The third-order valence-corrected chi connectivity index (χ3v) is 3.40. The van der Waals surface area contributed by atoms with E-state index >= 15 is 0 Å². The first-order valence-electron chi connectivity index (χ1n) is 3.62. The molecule has 9 heavy (non-hydrogen) atoms. The summed E-state index contributed by atoms with van der Waals surface area (Å²) in [5.41, 5.74) is 0.792. The van der Waals surface area contributed by atoms with Gasteiger partial charge in [0.1, 0.15) is 0 Å². The van der Waals surface area contributed by atoms with Crippen LogP contribution in [0, 0.1) is 5.41 Å². The lowest BCUT2D eigenvalue weighted by Crippen LogP contribution is -2.58. The van der Waals surface area contributed by atoms with Gasteiger partial charge in [0, 0.05) is 16.5 Å². The van der Waals surface area contributed by atoms with Crippen LogP contribution in [-0.4, -0.2) is 16.5 Å². The van der Waals surface area contributed by atoms with E-state index in [0.717, 1.165) is 15.4 Å². The summed E-state index contributed by atoms with van der Waals surface area (Å²) in [5.74, 6) is 0. The van der Waals surface area contributed by atoms with E-state index in [1.54, 1.807) is 0 Å². The van der Waals surface area contributed by atoms with Crippen LogP contribution >= 0.6 is 22.6 Å². The summed E-state index contributed by atoms with van der Waals surface area (Å²) in [4.78, 5) is 0. The summed E-state index contributed by atoms with van der Waals surface area (Å²) in [6.45, 7) is 3.60. The van der Waals surface area contributed by atoms with Crippen molar-refractivity contribution in [2.45, 2.75) is 29.7 Å². The first-order valence-corrected chi connectivity index (χ1v) is 4.87. The maximum atomic E-state index is 3.49. The fourth-order valence-electron chi connectivity index (χ4n) is 1.81. The monoisotopic (exact) mass is 237 g/mol. The SMILES string of the molecule is CC(I)[C@@H]1NCC12CC2. The lowest BCUT2D eigenvalue weighted by molar-refractivity contribution is 0.210. The molecule has 1 N–H and O–H groups in total. The zero-order valence-electron chi connectivity index (χ0n) is 5.65. The van der Waals surface area contributed by atoms with E-state index in [1.165, 1.54) is 19.4 Å². The zero-order chi connectivity index (χ0) is 6.48. The Morgan fingerprint density at radius 1 is 1.67 bits per heavy atom. The van der Waals surface area contributed by atoms with Crippen LogP contribution < -0.4 is 5.32 Å². The van der Waals surface area contributed by atoms with E-state index in [9.17, 15) is 0 Å². The molecule has 2 atom stereocenters. The Hall–Kier alpha value is 0.690. The van der Waals surface area contributed by atoms with Gasteiger partial charge in [0.15, 0.2) is 0 Å². The molecule has 1 heterocycles. The van der Waals surface area contributed by atoms with Crippen molar-refractivity contribution in [3.8, 4) is 0 Å². The molecule has 0 aromatic carbocycles. The van der Waals surface area contributed by atoms with Crippen molar-refractivity contribution in [1.82, 2.24) is 5.32 Å². The highest BCUT2D eigenvalue weighted by Crippen LogP contribution is 2.54. The number of alkyl halides is 1. The Bertz CT molecular complexity index is 129. The van der Waals surface area contributed by atoms with E-state index in [1.807, 2.05) is 0 Å². The number of halogens is 1. The Kier molecular flexibility index (Phi) is 1.31. The normalized spacial score (nSPS) is 40.0. The summed E-state index contributed by atoms with van der Waals surface area (Å²) < 4.78 is 0.818. The van der Waals surface area contributed by atoms with Gasteiger partial charge in [-0.25, -0.2) is 0 Å². The molecule has 2 fully saturated rings. The minimum atomic E-state index is 0.792. The molecule has 0 amide bonds. The van der Waals surface area contributed by atoms with Crippen LogP contribution in [0.15, 0.2) is 0 Å². The van der Waals surface area contributed by atoms with Gasteiger partial charge < -0.3 is 5.32 Å². The highest BCUT2D eigenvalue weighted by atomic mass is 127. The predicted molar refractivity (Wildman–Crippen MR) is 46.9 cm³/mol. The Labute approximate surface area is 69.7 Å². The van der Waals surface area contributed by atoms with Gasteiger partial charge in [-0.3, -0.25) is 0 Å². The fourth-order valence-corrected chi connectivity index (χ4v) is 2.82. The summed E-state index contributed by atoms with van der Waals surface area (Å²) in [7, 11) is 0. The van der Waals surface area contributed by atoms with Crippen LogP contribution in [0.4, 0.5) is 0 Å². The van der Waals surface area contributed by atoms with Crippen molar-refractivity contribution in [3.05, 3.63) is 0 Å². The third kappa shape index (κ3) is 0.827. The number of nitrogens with one attached hydrogen (secondary N) is 1. The topological polar surface area (TPSA) is 12.0 Å². The Balaban J connectivity index is 1.99. The van der Waals surface area contributed by atoms with E-state index in [2.05, 4.69) is 34.8 Å².